The van der Waals surface area contributed by atoms with E-state index in [4.69, 9.17) is 23.2 Å². The van der Waals surface area contributed by atoms with Gasteiger partial charge in [0.25, 0.3) is 5.56 Å². The maximum atomic E-state index is 12.2. The van der Waals surface area contributed by atoms with E-state index in [-0.39, 0.29) is 5.78 Å². The van der Waals surface area contributed by atoms with Gasteiger partial charge in [0.05, 0.1) is 5.69 Å². The second kappa shape index (κ2) is 7.50. The number of carbonyl (C=O) groups excluding carboxylic acids is 1. The summed E-state index contributed by atoms with van der Waals surface area (Å²) in [5.74, 6) is -0.00262. The fraction of sp³-hybridized carbons (Fsp3) is 0.158. The van der Waals surface area contributed by atoms with Crippen LogP contribution in [-0.4, -0.2) is 20.1 Å². The molecule has 0 saturated carbocycles. The van der Waals surface area contributed by atoms with E-state index in [2.05, 4.69) is 5.10 Å². The molecule has 0 spiro atoms. The summed E-state index contributed by atoms with van der Waals surface area (Å²) in [6.07, 6.45) is 1.51. The molecule has 0 N–H and O–H groups in total. The van der Waals surface area contributed by atoms with Crippen molar-refractivity contribution in [2.75, 3.05) is 0 Å². The van der Waals surface area contributed by atoms with Gasteiger partial charge in [-0.05, 0) is 30.2 Å². The molecule has 0 aliphatic rings. The Hall–Kier alpha value is -2.70. The third-order valence-electron chi connectivity index (χ3n) is 4.19. The number of nitrogens with zero attached hydrogens (tertiary/aromatic N) is 3. The van der Waals surface area contributed by atoms with Crippen LogP contribution in [0.3, 0.4) is 0 Å². The van der Waals surface area contributed by atoms with Crippen LogP contribution in [0.1, 0.15) is 28.4 Å². The highest BCUT2D eigenvalue weighted by Gasteiger charge is 2.13. The van der Waals surface area contributed by atoms with E-state index < -0.39 is 11.2 Å². The lowest BCUT2D eigenvalue weighted by Crippen LogP contribution is -2.38. The van der Waals surface area contributed by atoms with Crippen LogP contribution in [0.25, 0.3) is 5.69 Å². The number of ketones is 1. The Bertz CT molecular complexity index is 1130. The van der Waals surface area contributed by atoms with Gasteiger partial charge in [0.1, 0.15) is 6.20 Å². The zero-order valence-corrected chi connectivity index (χ0v) is 16.1. The van der Waals surface area contributed by atoms with Crippen molar-refractivity contribution in [3.05, 3.63) is 90.2 Å². The van der Waals surface area contributed by atoms with Crippen LogP contribution in [-0.2, 0) is 13.5 Å². The van der Waals surface area contributed by atoms with Gasteiger partial charge in [0.15, 0.2) is 5.78 Å². The molecule has 27 heavy (non-hydrogen) atoms. The number of aromatic nitrogens is 3. The first-order valence-electron chi connectivity index (χ1n) is 8.01. The van der Waals surface area contributed by atoms with Crippen LogP contribution in [0.4, 0.5) is 0 Å². The minimum Gasteiger partial charge on any atom is -0.295 e. The second-order valence-corrected chi connectivity index (χ2v) is 6.87. The number of carbonyl (C=O) groups is 1. The Morgan fingerprint density at radius 2 is 1.67 bits per heavy atom. The van der Waals surface area contributed by atoms with Gasteiger partial charge in [0, 0.05) is 29.1 Å². The standard InChI is InChI=1S/C19H15Cl2N3O3/c1-11(25)13-5-3-12(4-6-13)7-15-16(20)8-14(9-17(15)21)24-19(27)23(2)18(26)10-22-24/h3-6,8-10H,7H2,1-2H3. The molecular weight excluding hydrogens is 389 g/mol. The summed E-state index contributed by atoms with van der Waals surface area (Å²) in [5.41, 5.74) is 1.53. The van der Waals surface area contributed by atoms with Crippen molar-refractivity contribution < 1.29 is 4.79 Å². The van der Waals surface area contributed by atoms with Crippen LogP contribution in [0.2, 0.25) is 10.0 Å². The van der Waals surface area contributed by atoms with Crippen LogP contribution in [0.5, 0.6) is 0 Å². The fourth-order valence-electron chi connectivity index (χ4n) is 2.60. The Morgan fingerprint density at radius 1 is 1.07 bits per heavy atom. The first-order valence-corrected chi connectivity index (χ1v) is 8.77. The van der Waals surface area contributed by atoms with Gasteiger partial charge in [-0.15, -0.1) is 0 Å². The fourth-order valence-corrected chi connectivity index (χ4v) is 3.21. The summed E-state index contributed by atoms with van der Waals surface area (Å²) < 4.78 is 2.00. The lowest BCUT2D eigenvalue weighted by molar-refractivity contribution is 0.101. The zero-order chi connectivity index (χ0) is 19.7. The summed E-state index contributed by atoms with van der Waals surface area (Å²) in [4.78, 5) is 35.1. The van der Waals surface area contributed by atoms with Gasteiger partial charge in [-0.1, -0.05) is 47.5 Å². The summed E-state index contributed by atoms with van der Waals surface area (Å²) in [7, 11) is 1.37. The van der Waals surface area contributed by atoms with E-state index in [1.807, 2.05) is 12.1 Å². The average molecular weight is 404 g/mol. The van der Waals surface area contributed by atoms with E-state index in [1.165, 1.54) is 14.0 Å². The Kier molecular flexibility index (Phi) is 5.30. The molecule has 6 nitrogen and oxygen atoms in total. The topological polar surface area (TPSA) is 74.0 Å². The molecule has 3 rings (SSSR count). The SMILES string of the molecule is CC(=O)c1ccc(Cc2c(Cl)cc(-n3ncc(=O)n(C)c3=O)cc2Cl)cc1. The molecule has 2 aromatic carbocycles. The number of Topliss-reactive ketones (excluding diaryl/α,β-unsaturated/α-hetero) is 1. The van der Waals surface area contributed by atoms with Crippen LogP contribution >= 0.6 is 23.2 Å². The number of benzene rings is 2. The molecule has 0 aliphatic carbocycles. The third-order valence-corrected chi connectivity index (χ3v) is 4.87. The molecule has 8 heteroatoms. The highest BCUT2D eigenvalue weighted by atomic mass is 35.5. The molecule has 0 radical (unpaired) electrons. The summed E-state index contributed by atoms with van der Waals surface area (Å²) in [6, 6.07) is 10.3. The Labute approximate surface area is 164 Å². The third kappa shape index (κ3) is 3.86. The van der Waals surface area contributed by atoms with Gasteiger partial charge in [0.2, 0.25) is 0 Å². The molecule has 1 heterocycles. The van der Waals surface area contributed by atoms with Crippen LogP contribution < -0.4 is 11.2 Å². The van der Waals surface area contributed by atoms with Gasteiger partial charge < -0.3 is 0 Å². The second-order valence-electron chi connectivity index (χ2n) is 6.05. The van der Waals surface area contributed by atoms with Gasteiger partial charge in [-0.25, -0.2) is 4.79 Å². The number of halogens is 2. The van der Waals surface area contributed by atoms with E-state index in [0.717, 1.165) is 21.0 Å². The van der Waals surface area contributed by atoms with E-state index >= 15 is 0 Å². The Balaban J connectivity index is 1.98. The lowest BCUT2D eigenvalue weighted by atomic mass is 10.0. The molecule has 0 bridgehead atoms. The first-order chi connectivity index (χ1) is 12.8. The Morgan fingerprint density at radius 3 is 2.22 bits per heavy atom. The first kappa shape index (κ1) is 19.1. The predicted molar refractivity (Wildman–Crippen MR) is 104 cm³/mol. The van der Waals surface area contributed by atoms with Gasteiger partial charge in [-0.2, -0.15) is 9.78 Å². The van der Waals surface area contributed by atoms with E-state index in [9.17, 15) is 14.4 Å². The smallest absolute Gasteiger partial charge is 0.295 e. The lowest BCUT2D eigenvalue weighted by Gasteiger charge is -2.12. The monoisotopic (exact) mass is 403 g/mol. The van der Waals surface area contributed by atoms with Gasteiger partial charge >= 0.3 is 5.69 Å². The van der Waals surface area contributed by atoms with Crippen molar-refractivity contribution >= 4 is 29.0 Å². The largest absolute Gasteiger partial charge is 0.351 e. The molecule has 138 valence electrons. The normalized spacial score (nSPS) is 10.8. The molecule has 0 unspecified atom stereocenters. The molecule has 0 fully saturated rings. The summed E-state index contributed by atoms with van der Waals surface area (Å²) >= 11 is 12.8. The average Bonchev–Trinajstić information content (AvgIpc) is 2.63. The van der Waals surface area contributed by atoms with Crippen molar-refractivity contribution in [2.45, 2.75) is 13.3 Å². The quantitative estimate of drug-likeness (QED) is 0.627. The molecule has 1 aromatic heterocycles. The van der Waals surface area contributed by atoms with E-state index in [0.29, 0.717) is 33.3 Å². The minimum atomic E-state index is -0.595. The van der Waals surface area contributed by atoms with Crippen LogP contribution in [0.15, 0.2) is 52.2 Å². The number of rotatable bonds is 4. The molecule has 0 amide bonds. The highest BCUT2D eigenvalue weighted by Crippen LogP contribution is 2.30. The maximum absolute atomic E-state index is 12.2. The van der Waals surface area contributed by atoms with Crippen LogP contribution in [0, 0.1) is 0 Å². The summed E-state index contributed by atoms with van der Waals surface area (Å²) in [5, 5.41) is 4.59. The van der Waals surface area contributed by atoms with Gasteiger partial charge in [-0.3, -0.25) is 14.2 Å². The maximum Gasteiger partial charge on any atom is 0.351 e. The molecule has 0 atom stereocenters. The van der Waals surface area contributed by atoms with Crippen molar-refractivity contribution in [2.24, 2.45) is 7.05 Å². The number of hydrogen-bond acceptors (Lipinski definition) is 4. The summed E-state index contributed by atoms with van der Waals surface area (Å²) in [6.45, 7) is 1.51. The van der Waals surface area contributed by atoms with Crippen molar-refractivity contribution in [1.29, 1.82) is 0 Å². The highest BCUT2D eigenvalue weighted by molar-refractivity contribution is 6.36. The molecule has 0 saturated heterocycles. The van der Waals surface area contributed by atoms with Crippen molar-refractivity contribution in [3.63, 3.8) is 0 Å². The van der Waals surface area contributed by atoms with Crippen molar-refractivity contribution in [3.8, 4) is 5.69 Å². The number of hydrogen-bond donors (Lipinski definition) is 0. The minimum absolute atomic E-state index is 0.00262. The molecular formula is C19H15Cl2N3O3. The predicted octanol–water partition coefficient (Wildman–Crippen LogP) is 3.03. The van der Waals surface area contributed by atoms with Crippen molar-refractivity contribution in [1.82, 2.24) is 14.3 Å². The van der Waals surface area contributed by atoms with E-state index in [1.54, 1.807) is 24.3 Å². The zero-order valence-electron chi connectivity index (χ0n) is 14.6. The molecule has 0 aliphatic heterocycles. The molecule has 3 aromatic rings.